The molecule has 0 aromatic heterocycles. The van der Waals surface area contributed by atoms with E-state index in [1.165, 1.54) is 12.1 Å². The maximum atomic E-state index is 12.8. The van der Waals surface area contributed by atoms with E-state index >= 15 is 0 Å². The monoisotopic (exact) mass is 403 g/mol. The van der Waals surface area contributed by atoms with Crippen molar-refractivity contribution in [3.05, 3.63) is 24.3 Å². The van der Waals surface area contributed by atoms with E-state index < -0.39 is 6.10 Å². The summed E-state index contributed by atoms with van der Waals surface area (Å²) in [7, 11) is 0. The SMILES string of the molecule is CC(Oc1ccc(O)cc1)C(=O)N1CCN(C(=O)C2CC(=O)N(C(C)C)C2)CC1. The Morgan fingerprint density at radius 2 is 1.62 bits per heavy atom. The van der Waals surface area contributed by atoms with Crippen molar-refractivity contribution in [2.45, 2.75) is 39.3 Å². The number of phenols is 1. The molecule has 2 saturated heterocycles. The third-order valence-electron chi connectivity index (χ3n) is 5.53. The van der Waals surface area contributed by atoms with Gasteiger partial charge in [-0.3, -0.25) is 14.4 Å². The minimum absolute atomic E-state index is 0.00184. The number of ether oxygens (including phenoxy) is 1. The Morgan fingerprint density at radius 1 is 1.03 bits per heavy atom. The van der Waals surface area contributed by atoms with Crippen LogP contribution in [0.4, 0.5) is 0 Å². The Labute approximate surface area is 171 Å². The van der Waals surface area contributed by atoms with E-state index in [9.17, 15) is 19.5 Å². The number of rotatable bonds is 5. The van der Waals surface area contributed by atoms with Gasteiger partial charge in [0.05, 0.1) is 5.92 Å². The summed E-state index contributed by atoms with van der Waals surface area (Å²) in [6.07, 6.45) is -0.387. The highest BCUT2D eigenvalue weighted by atomic mass is 16.5. The van der Waals surface area contributed by atoms with Crippen molar-refractivity contribution in [1.29, 1.82) is 0 Å². The minimum atomic E-state index is -0.658. The molecule has 0 spiro atoms. The van der Waals surface area contributed by atoms with Crippen LogP contribution in [0.2, 0.25) is 0 Å². The van der Waals surface area contributed by atoms with E-state index in [1.807, 2.05) is 13.8 Å². The first-order valence-electron chi connectivity index (χ1n) is 10.1. The zero-order valence-corrected chi connectivity index (χ0v) is 17.2. The number of carbonyl (C=O) groups excluding carboxylic acids is 3. The van der Waals surface area contributed by atoms with Crippen LogP contribution in [0.3, 0.4) is 0 Å². The summed E-state index contributed by atoms with van der Waals surface area (Å²) < 4.78 is 5.66. The lowest BCUT2D eigenvalue weighted by Crippen LogP contribution is -2.54. The zero-order chi connectivity index (χ0) is 21.1. The number of aromatic hydroxyl groups is 1. The van der Waals surface area contributed by atoms with Gasteiger partial charge in [0.1, 0.15) is 11.5 Å². The van der Waals surface area contributed by atoms with Gasteiger partial charge in [-0.15, -0.1) is 0 Å². The number of benzene rings is 1. The molecule has 0 bridgehead atoms. The van der Waals surface area contributed by atoms with Crippen LogP contribution < -0.4 is 4.74 Å². The first kappa shape index (κ1) is 21.0. The molecule has 3 rings (SSSR count). The molecule has 2 aliphatic rings. The Balaban J connectivity index is 1.49. The lowest BCUT2D eigenvalue weighted by atomic mass is 10.1. The highest BCUT2D eigenvalue weighted by molar-refractivity contribution is 5.89. The molecule has 1 aromatic carbocycles. The molecule has 1 N–H and O–H groups in total. The van der Waals surface area contributed by atoms with E-state index in [0.717, 1.165) is 0 Å². The number of piperazine rings is 1. The number of nitrogens with zero attached hydrogens (tertiary/aromatic N) is 3. The third kappa shape index (κ3) is 4.81. The molecule has 3 amide bonds. The lowest BCUT2D eigenvalue weighted by molar-refractivity contribution is -0.145. The van der Waals surface area contributed by atoms with Crippen LogP contribution in [0.1, 0.15) is 27.2 Å². The smallest absolute Gasteiger partial charge is 0.263 e. The fraction of sp³-hybridized carbons (Fsp3) is 0.571. The van der Waals surface area contributed by atoms with Crippen LogP contribution in [0.15, 0.2) is 24.3 Å². The standard InChI is InChI=1S/C21H29N3O5/c1-14(2)24-13-16(12-19(24)26)21(28)23-10-8-22(9-11-23)20(27)15(3)29-18-6-4-17(25)5-7-18/h4-7,14-16,25H,8-13H2,1-3H3. The largest absolute Gasteiger partial charge is 0.508 e. The second kappa shape index (κ2) is 8.71. The van der Waals surface area contributed by atoms with Gasteiger partial charge in [-0.05, 0) is 45.0 Å². The molecule has 158 valence electrons. The number of phenolic OH excluding ortho intramolecular Hbond substituents is 1. The fourth-order valence-corrected chi connectivity index (χ4v) is 3.84. The van der Waals surface area contributed by atoms with Gasteiger partial charge >= 0.3 is 0 Å². The molecule has 2 unspecified atom stereocenters. The molecular formula is C21H29N3O5. The highest BCUT2D eigenvalue weighted by Crippen LogP contribution is 2.23. The normalized spacial score (nSPS) is 20.9. The van der Waals surface area contributed by atoms with Crippen LogP contribution in [-0.4, -0.2) is 82.4 Å². The molecule has 2 heterocycles. The molecule has 1 aromatic rings. The second-order valence-electron chi connectivity index (χ2n) is 7.95. The van der Waals surface area contributed by atoms with Gasteiger partial charge in [-0.25, -0.2) is 0 Å². The first-order valence-corrected chi connectivity index (χ1v) is 10.1. The second-order valence-corrected chi connectivity index (χ2v) is 7.95. The van der Waals surface area contributed by atoms with Crippen LogP contribution in [0.25, 0.3) is 0 Å². The molecule has 2 fully saturated rings. The van der Waals surface area contributed by atoms with Gasteiger partial charge in [0.15, 0.2) is 6.10 Å². The maximum absolute atomic E-state index is 12.8. The van der Waals surface area contributed by atoms with Gasteiger partial charge in [0.25, 0.3) is 5.91 Å². The molecule has 0 saturated carbocycles. The average molecular weight is 403 g/mol. The summed E-state index contributed by atoms with van der Waals surface area (Å²) in [6, 6.07) is 6.33. The van der Waals surface area contributed by atoms with Crippen LogP contribution in [0.5, 0.6) is 11.5 Å². The lowest BCUT2D eigenvalue weighted by Gasteiger charge is -2.36. The predicted octanol–water partition coefficient (Wildman–Crippen LogP) is 1.09. The molecule has 8 nitrogen and oxygen atoms in total. The van der Waals surface area contributed by atoms with Crippen molar-refractivity contribution >= 4 is 17.7 Å². The van der Waals surface area contributed by atoms with Crippen LogP contribution in [-0.2, 0) is 14.4 Å². The van der Waals surface area contributed by atoms with E-state index in [1.54, 1.807) is 33.8 Å². The van der Waals surface area contributed by atoms with Crippen molar-refractivity contribution in [2.24, 2.45) is 5.92 Å². The van der Waals surface area contributed by atoms with Gasteiger partial charge in [0.2, 0.25) is 11.8 Å². The Hall–Kier alpha value is -2.77. The highest BCUT2D eigenvalue weighted by Gasteiger charge is 2.38. The number of likely N-dealkylation sites (tertiary alicyclic amines) is 1. The summed E-state index contributed by atoms with van der Waals surface area (Å²) in [6.45, 7) is 7.90. The first-order chi connectivity index (χ1) is 13.8. The number of amides is 3. The Kier molecular flexibility index (Phi) is 6.30. The number of hydrogen-bond donors (Lipinski definition) is 1. The van der Waals surface area contributed by atoms with Gasteiger partial charge in [0, 0.05) is 45.2 Å². The van der Waals surface area contributed by atoms with Crippen molar-refractivity contribution in [3.63, 3.8) is 0 Å². The summed E-state index contributed by atoms with van der Waals surface area (Å²) in [5, 5.41) is 9.32. The van der Waals surface area contributed by atoms with Gasteiger partial charge < -0.3 is 24.5 Å². The van der Waals surface area contributed by atoms with Crippen molar-refractivity contribution in [2.75, 3.05) is 32.7 Å². The molecule has 0 radical (unpaired) electrons. The number of hydrogen-bond acceptors (Lipinski definition) is 5. The molecule has 2 atom stereocenters. The molecule has 8 heteroatoms. The molecule has 2 aliphatic heterocycles. The average Bonchev–Trinajstić information content (AvgIpc) is 3.10. The predicted molar refractivity (Wildman–Crippen MR) is 106 cm³/mol. The molecular weight excluding hydrogens is 374 g/mol. The van der Waals surface area contributed by atoms with Crippen molar-refractivity contribution in [3.8, 4) is 11.5 Å². The van der Waals surface area contributed by atoms with Gasteiger partial charge in [-0.1, -0.05) is 0 Å². The van der Waals surface area contributed by atoms with Crippen molar-refractivity contribution in [1.82, 2.24) is 14.7 Å². The van der Waals surface area contributed by atoms with Crippen LogP contribution >= 0.6 is 0 Å². The van der Waals surface area contributed by atoms with E-state index in [4.69, 9.17) is 4.74 Å². The van der Waals surface area contributed by atoms with E-state index in [2.05, 4.69) is 0 Å². The summed E-state index contributed by atoms with van der Waals surface area (Å²) in [5.41, 5.74) is 0. The third-order valence-corrected chi connectivity index (χ3v) is 5.53. The summed E-state index contributed by atoms with van der Waals surface area (Å²) >= 11 is 0. The zero-order valence-electron chi connectivity index (χ0n) is 17.2. The topological polar surface area (TPSA) is 90.4 Å². The number of carbonyl (C=O) groups is 3. The van der Waals surface area contributed by atoms with Crippen LogP contribution in [0, 0.1) is 5.92 Å². The van der Waals surface area contributed by atoms with Crippen molar-refractivity contribution < 1.29 is 24.2 Å². The van der Waals surface area contributed by atoms with E-state index in [0.29, 0.717) is 38.5 Å². The van der Waals surface area contributed by atoms with E-state index in [-0.39, 0.29) is 41.9 Å². The summed E-state index contributed by atoms with van der Waals surface area (Å²) in [4.78, 5) is 42.7. The Bertz CT molecular complexity index is 756. The summed E-state index contributed by atoms with van der Waals surface area (Å²) in [5.74, 6) is 0.265. The minimum Gasteiger partial charge on any atom is -0.508 e. The quantitative estimate of drug-likeness (QED) is 0.795. The molecule has 29 heavy (non-hydrogen) atoms. The molecule has 0 aliphatic carbocycles. The maximum Gasteiger partial charge on any atom is 0.263 e. The Morgan fingerprint density at radius 3 is 2.17 bits per heavy atom. The fourth-order valence-electron chi connectivity index (χ4n) is 3.84. The van der Waals surface area contributed by atoms with Gasteiger partial charge in [-0.2, -0.15) is 0 Å².